The first-order valence-electron chi connectivity index (χ1n) is 9.00. The topological polar surface area (TPSA) is 53.1 Å². The lowest BCUT2D eigenvalue weighted by atomic mass is 10.0. The minimum absolute atomic E-state index is 0.116. The first kappa shape index (κ1) is 17.7. The number of methoxy groups -OCH3 is 1. The van der Waals surface area contributed by atoms with Crippen molar-refractivity contribution in [1.82, 2.24) is 14.7 Å². The number of rotatable bonds is 4. The van der Waals surface area contributed by atoms with Gasteiger partial charge in [-0.2, -0.15) is 0 Å². The molecule has 2 saturated heterocycles. The Morgan fingerprint density at radius 2 is 1.76 bits per heavy atom. The Labute approximate surface area is 149 Å². The molecule has 0 spiro atoms. The lowest BCUT2D eigenvalue weighted by Gasteiger charge is -2.35. The zero-order valence-corrected chi connectivity index (χ0v) is 15.1. The van der Waals surface area contributed by atoms with Gasteiger partial charge in [0.1, 0.15) is 5.75 Å². The summed E-state index contributed by atoms with van der Waals surface area (Å²) in [5.41, 5.74) is 1.17. The number of likely N-dealkylation sites (tertiary alicyclic amines) is 1. The molecule has 0 aromatic heterocycles. The third kappa shape index (κ3) is 4.12. The summed E-state index contributed by atoms with van der Waals surface area (Å²) in [5.74, 6) is 1.14. The number of piperazine rings is 1. The number of hydrogen-bond acceptors (Lipinski definition) is 4. The van der Waals surface area contributed by atoms with Crippen molar-refractivity contribution in [3.8, 4) is 5.75 Å². The highest BCUT2D eigenvalue weighted by molar-refractivity contribution is 5.79. The van der Waals surface area contributed by atoms with Crippen LogP contribution < -0.4 is 4.74 Å². The highest BCUT2D eigenvalue weighted by Gasteiger charge is 2.31. The van der Waals surface area contributed by atoms with E-state index in [1.165, 1.54) is 5.56 Å². The summed E-state index contributed by atoms with van der Waals surface area (Å²) in [7, 11) is 1.66. The first-order valence-corrected chi connectivity index (χ1v) is 9.00. The maximum atomic E-state index is 12.8. The number of ether oxygens (including phenoxy) is 1. The molecule has 1 unspecified atom stereocenters. The summed E-state index contributed by atoms with van der Waals surface area (Å²) in [6.07, 6.45) is 2.05. The minimum atomic E-state index is 0.116. The molecular weight excluding hydrogens is 318 g/mol. The van der Waals surface area contributed by atoms with E-state index in [9.17, 15) is 9.59 Å². The van der Waals surface area contributed by atoms with Crippen molar-refractivity contribution < 1.29 is 14.3 Å². The van der Waals surface area contributed by atoms with Gasteiger partial charge in [-0.05, 0) is 30.5 Å². The zero-order valence-electron chi connectivity index (χ0n) is 15.1. The maximum absolute atomic E-state index is 12.8. The summed E-state index contributed by atoms with van der Waals surface area (Å²) in [4.78, 5) is 30.2. The SMILES string of the molecule is COc1ccc(C2CCCN2C(=O)CN2CCN(C(C)=O)CC2)cc1. The molecule has 1 atom stereocenters. The molecule has 1 aromatic carbocycles. The van der Waals surface area contributed by atoms with Crippen molar-refractivity contribution in [2.24, 2.45) is 0 Å². The fourth-order valence-corrected chi connectivity index (χ4v) is 3.74. The van der Waals surface area contributed by atoms with Gasteiger partial charge in [0.25, 0.3) is 0 Å². The van der Waals surface area contributed by atoms with Crippen LogP contribution in [0, 0.1) is 0 Å². The third-order valence-electron chi connectivity index (χ3n) is 5.25. The Morgan fingerprint density at radius 1 is 1.08 bits per heavy atom. The van der Waals surface area contributed by atoms with Gasteiger partial charge < -0.3 is 14.5 Å². The van der Waals surface area contributed by atoms with Crippen LogP contribution in [0.5, 0.6) is 5.75 Å². The van der Waals surface area contributed by atoms with Gasteiger partial charge >= 0.3 is 0 Å². The highest BCUT2D eigenvalue weighted by Crippen LogP contribution is 2.32. The molecule has 6 heteroatoms. The summed E-state index contributed by atoms with van der Waals surface area (Å²) >= 11 is 0. The number of nitrogens with zero attached hydrogens (tertiary/aromatic N) is 3. The van der Waals surface area contributed by atoms with Gasteiger partial charge in [-0.15, -0.1) is 0 Å². The number of carbonyl (C=O) groups excluding carboxylic acids is 2. The van der Waals surface area contributed by atoms with E-state index < -0.39 is 0 Å². The van der Waals surface area contributed by atoms with E-state index in [-0.39, 0.29) is 17.9 Å². The monoisotopic (exact) mass is 345 g/mol. The molecule has 6 nitrogen and oxygen atoms in total. The van der Waals surface area contributed by atoms with Crippen LogP contribution in [0.15, 0.2) is 24.3 Å². The van der Waals surface area contributed by atoms with Crippen LogP contribution in [0.3, 0.4) is 0 Å². The van der Waals surface area contributed by atoms with Crippen molar-refractivity contribution in [2.45, 2.75) is 25.8 Å². The molecular formula is C19H27N3O3. The Balaban J connectivity index is 1.58. The fraction of sp³-hybridized carbons (Fsp3) is 0.579. The molecule has 25 heavy (non-hydrogen) atoms. The highest BCUT2D eigenvalue weighted by atomic mass is 16.5. The first-order chi connectivity index (χ1) is 12.1. The van der Waals surface area contributed by atoms with E-state index in [0.29, 0.717) is 19.6 Å². The van der Waals surface area contributed by atoms with E-state index >= 15 is 0 Å². The number of amides is 2. The third-order valence-corrected chi connectivity index (χ3v) is 5.25. The Bertz CT molecular complexity index is 609. The van der Waals surface area contributed by atoms with Gasteiger partial charge in [-0.25, -0.2) is 0 Å². The zero-order chi connectivity index (χ0) is 17.8. The van der Waals surface area contributed by atoms with E-state index in [0.717, 1.165) is 38.2 Å². The van der Waals surface area contributed by atoms with Gasteiger partial charge in [-0.1, -0.05) is 12.1 Å². The van der Waals surface area contributed by atoms with Gasteiger partial charge in [-0.3, -0.25) is 14.5 Å². The van der Waals surface area contributed by atoms with Gasteiger partial charge in [0.05, 0.1) is 19.7 Å². The second kappa shape index (κ2) is 7.87. The average molecular weight is 345 g/mol. The fourth-order valence-electron chi connectivity index (χ4n) is 3.74. The molecule has 1 aromatic rings. The van der Waals surface area contributed by atoms with Crippen LogP contribution in [-0.2, 0) is 9.59 Å². The molecule has 2 aliphatic rings. The van der Waals surface area contributed by atoms with Gasteiger partial charge in [0.15, 0.2) is 0 Å². The molecule has 2 aliphatic heterocycles. The van der Waals surface area contributed by atoms with Crippen molar-refractivity contribution in [3.63, 3.8) is 0 Å². The van der Waals surface area contributed by atoms with Crippen molar-refractivity contribution in [1.29, 1.82) is 0 Å². The van der Waals surface area contributed by atoms with Crippen LogP contribution >= 0.6 is 0 Å². The van der Waals surface area contributed by atoms with E-state index in [4.69, 9.17) is 4.74 Å². The molecule has 0 radical (unpaired) electrons. The quantitative estimate of drug-likeness (QED) is 0.830. The van der Waals surface area contributed by atoms with Crippen molar-refractivity contribution in [3.05, 3.63) is 29.8 Å². The van der Waals surface area contributed by atoms with Crippen molar-refractivity contribution >= 4 is 11.8 Å². The molecule has 2 heterocycles. The molecule has 0 bridgehead atoms. The number of hydrogen-bond donors (Lipinski definition) is 0. The molecule has 0 aliphatic carbocycles. The molecule has 2 fully saturated rings. The largest absolute Gasteiger partial charge is 0.497 e. The second-order valence-electron chi connectivity index (χ2n) is 6.80. The summed E-state index contributed by atoms with van der Waals surface area (Å²) in [5, 5.41) is 0. The molecule has 0 saturated carbocycles. The van der Waals surface area contributed by atoms with E-state index in [1.807, 2.05) is 21.9 Å². The van der Waals surface area contributed by atoms with Gasteiger partial charge in [0.2, 0.25) is 11.8 Å². The lowest BCUT2D eigenvalue weighted by Crippen LogP contribution is -2.51. The predicted molar refractivity (Wildman–Crippen MR) is 95.4 cm³/mol. The standard InChI is InChI=1S/C19H27N3O3/c1-15(23)21-12-10-20(11-13-21)14-19(24)22-9-3-4-18(22)16-5-7-17(25-2)8-6-16/h5-8,18H,3-4,9-14H2,1-2H3. The summed E-state index contributed by atoms with van der Waals surface area (Å²) < 4.78 is 5.22. The van der Waals surface area contributed by atoms with Crippen molar-refractivity contribution in [2.75, 3.05) is 46.4 Å². The molecule has 0 N–H and O–H groups in total. The Morgan fingerprint density at radius 3 is 2.36 bits per heavy atom. The van der Waals surface area contributed by atoms with Crippen LogP contribution in [0.4, 0.5) is 0 Å². The van der Waals surface area contributed by atoms with Crippen LogP contribution in [0.2, 0.25) is 0 Å². The molecule has 2 amide bonds. The summed E-state index contributed by atoms with van der Waals surface area (Å²) in [6, 6.07) is 8.19. The lowest BCUT2D eigenvalue weighted by molar-refractivity contribution is -0.134. The van der Waals surface area contributed by atoms with Crippen LogP contribution in [0.25, 0.3) is 0 Å². The smallest absolute Gasteiger partial charge is 0.237 e. The Hall–Kier alpha value is -2.08. The minimum Gasteiger partial charge on any atom is -0.497 e. The van der Waals surface area contributed by atoms with Gasteiger partial charge in [0, 0.05) is 39.6 Å². The predicted octanol–water partition coefficient (Wildman–Crippen LogP) is 1.52. The normalized spacial score (nSPS) is 21.4. The number of benzene rings is 1. The van der Waals surface area contributed by atoms with Crippen LogP contribution in [-0.4, -0.2) is 72.9 Å². The number of carbonyl (C=O) groups is 2. The van der Waals surface area contributed by atoms with E-state index in [1.54, 1.807) is 14.0 Å². The maximum Gasteiger partial charge on any atom is 0.237 e. The summed E-state index contributed by atoms with van der Waals surface area (Å²) in [6.45, 7) is 5.83. The molecule has 3 rings (SSSR count). The van der Waals surface area contributed by atoms with Crippen LogP contribution in [0.1, 0.15) is 31.4 Å². The van der Waals surface area contributed by atoms with E-state index in [2.05, 4.69) is 17.0 Å². The Kier molecular flexibility index (Phi) is 5.58. The average Bonchev–Trinajstić information content (AvgIpc) is 3.12. The molecule has 136 valence electrons. The second-order valence-corrected chi connectivity index (χ2v) is 6.80.